The molecule has 3 amide bonds. The lowest BCUT2D eigenvalue weighted by Gasteiger charge is -2.18. The molecule has 3 N–H and O–H groups in total. The predicted molar refractivity (Wildman–Crippen MR) is 545 cm³/mol. The minimum atomic E-state index is -4.42. The van der Waals surface area contributed by atoms with Crippen molar-refractivity contribution in [3.05, 3.63) is 461 Å². The average Bonchev–Trinajstić information content (AvgIpc) is 0.820. The number of aryl methyl sites for hydroxylation is 6. The van der Waals surface area contributed by atoms with Crippen LogP contribution in [-0.2, 0) is 71.0 Å². The maximum absolute atomic E-state index is 13.3. The van der Waals surface area contributed by atoms with E-state index in [1.54, 1.807) is 59.9 Å². The fraction of sp³-hybridized carbons (Fsp3) is 0.245. The molecule has 0 radical (unpaired) electrons. The van der Waals surface area contributed by atoms with Crippen LogP contribution in [-0.4, -0.2) is 86.1 Å². The van der Waals surface area contributed by atoms with Gasteiger partial charge in [-0.05, 0) is 219 Å². The van der Waals surface area contributed by atoms with E-state index < -0.39 is 38.6 Å². The largest absolute Gasteiger partial charge is 0.416 e. The lowest BCUT2D eigenvalue weighted by molar-refractivity contribution is -0.137. The number of unbranched alkanes of at least 4 members (excludes halogenated alkanes) is 2. The third-order valence-electron chi connectivity index (χ3n) is 20.9. The third kappa shape index (κ3) is 38.3. The quantitative estimate of drug-likeness (QED) is 0.0250. The van der Waals surface area contributed by atoms with Crippen molar-refractivity contribution in [3.63, 3.8) is 0 Å². The molecule has 0 saturated carbocycles. The number of alkyl halides is 3. The summed E-state index contributed by atoms with van der Waals surface area (Å²) in [6.45, 7) is 10.9. The lowest BCUT2D eigenvalue weighted by atomic mass is 10.0. The minimum absolute atomic E-state index is 0.0439. The summed E-state index contributed by atoms with van der Waals surface area (Å²) in [7, 11) is -2.81. The summed E-state index contributed by atoms with van der Waals surface area (Å²) in [4.78, 5) is 59.6. The van der Waals surface area contributed by atoms with E-state index in [2.05, 4.69) is 206 Å². The van der Waals surface area contributed by atoms with Crippen molar-refractivity contribution in [2.24, 2.45) is 0 Å². The lowest BCUT2D eigenvalue weighted by Crippen LogP contribution is -2.26. The zero-order valence-electron chi connectivity index (χ0n) is 74.7. The molecule has 0 fully saturated rings. The van der Waals surface area contributed by atoms with Crippen LogP contribution in [0.25, 0.3) is 0 Å². The van der Waals surface area contributed by atoms with Crippen LogP contribution in [0.4, 0.5) is 22.0 Å². The van der Waals surface area contributed by atoms with E-state index in [0.717, 1.165) is 113 Å². The van der Waals surface area contributed by atoms with Gasteiger partial charge in [0.2, 0.25) is 17.7 Å². The molecule has 0 heterocycles. The molecule has 22 heteroatoms. The van der Waals surface area contributed by atoms with Crippen LogP contribution in [0.1, 0.15) is 167 Å². The second-order valence-electron chi connectivity index (χ2n) is 31.7. The summed E-state index contributed by atoms with van der Waals surface area (Å²) < 4.78 is 92.0. The van der Waals surface area contributed by atoms with E-state index in [0.29, 0.717) is 29.2 Å². The first-order valence-corrected chi connectivity index (χ1v) is 51.2. The fourth-order valence-electron chi connectivity index (χ4n) is 14.0. The van der Waals surface area contributed by atoms with Crippen LogP contribution in [0.5, 0.6) is 0 Å². The van der Waals surface area contributed by atoms with E-state index in [9.17, 15) is 54.3 Å². The van der Waals surface area contributed by atoms with Gasteiger partial charge in [-0.3, -0.25) is 32.4 Å². The molecule has 10 nitrogen and oxygen atoms in total. The molecule has 13 aromatic rings. The first-order chi connectivity index (χ1) is 63.7. The number of carbonyl (C=O) groups excluding carboxylic acids is 5. The standard InChI is InChI=1S/C25H25Br2NOS.C25H27NOS.C24H23F2NOS.C18H17F3O2S.C18H20O2S/c26-22-13-9-20(10-14-22)25(21-11-15-23(27)16-12-21)30-18-24(29)28-17-5-4-8-19-6-2-1-3-7-19;27-24(26-19-11-10-14-21-12-4-1-5-13-21)20-28-25(22-15-6-2-7-16-22)23-17-8-3-9-18-23;25-21-12-8-19(9-13-21)24(20-10-14-22(26)15-11-20)29-17-23(28)27-16-4-7-18-5-2-1-3-6-18;1-12-3-5-14(6-4-12)17(24(23)11-13(2)22)15-7-9-16(10-8-15)18(19,20)21;1-13-4-8-16(9-5-13)18(21(20)12-15(3)19)17-10-6-14(2)7-11-17/h1-3,6-7,9-16,25H,4-5,8,17-18H2,(H,28,29);1-9,12-13,15-18,25H,10-11,14,19-20H2,(H,26,27);1-3,5-6,8-15,24H,4,7,16-17H2,(H,27,28);3-10,17H,11H2,1-2H3;4-11,18H,12H2,1-3H3. The van der Waals surface area contributed by atoms with Crippen molar-refractivity contribution in [1.29, 1.82) is 0 Å². The molecule has 688 valence electrons. The first kappa shape index (κ1) is 105. The van der Waals surface area contributed by atoms with Gasteiger partial charge in [0.05, 0.1) is 60.6 Å². The number of hydrogen-bond donors (Lipinski definition) is 3. The van der Waals surface area contributed by atoms with Crippen LogP contribution < -0.4 is 16.0 Å². The smallest absolute Gasteiger partial charge is 0.355 e. The summed E-state index contributed by atoms with van der Waals surface area (Å²) in [6, 6.07) is 109. The second-order valence-corrected chi connectivity index (χ2v) is 39.8. The van der Waals surface area contributed by atoms with Gasteiger partial charge in [0.15, 0.2) is 0 Å². The highest BCUT2D eigenvalue weighted by Crippen LogP contribution is 2.40. The number of ketones is 2. The van der Waals surface area contributed by atoms with E-state index in [4.69, 9.17) is 0 Å². The Hall–Kier alpha value is -10.4. The zero-order chi connectivity index (χ0) is 94.4. The van der Waals surface area contributed by atoms with Crippen molar-refractivity contribution >= 4 is 118 Å². The number of rotatable bonds is 39. The monoisotopic (exact) mass is 2000 g/mol. The fourth-order valence-corrected chi connectivity index (χ4v) is 20.9. The number of hydrogen-bond acceptors (Lipinski definition) is 10. The van der Waals surface area contributed by atoms with Gasteiger partial charge in [-0.1, -0.05) is 334 Å². The molecular formula is C110H112Br2F5N3O7S5. The van der Waals surface area contributed by atoms with Gasteiger partial charge in [-0.25, -0.2) is 8.78 Å². The van der Waals surface area contributed by atoms with Crippen LogP contribution >= 0.6 is 67.1 Å². The molecule has 132 heavy (non-hydrogen) atoms. The van der Waals surface area contributed by atoms with Gasteiger partial charge in [0, 0.05) is 50.2 Å². The van der Waals surface area contributed by atoms with E-state index in [1.165, 1.54) is 112 Å². The molecule has 0 aliphatic rings. The summed E-state index contributed by atoms with van der Waals surface area (Å²) in [6.07, 6.45) is 3.67. The summed E-state index contributed by atoms with van der Waals surface area (Å²) in [5, 5.41) is 8.31. The third-order valence-corrected chi connectivity index (χ3v) is 29.4. The van der Waals surface area contributed by atoms with Gasteiger partial charge in [-0.2, -0.15) is 13.2 Å². The van der Waals surface area contributed by atoms with Gasteiger partial charge >= 0.3 is 6.18 Å². The molecule has 0 aliphatic carbocycles. The van der Waals surface area contributed by atoms with Gasteiger partial charge in [-0.15, -0.1) is 35.3 Å². The van der Waals surface area contributed by atoms with Crippen molar-refractivity contribution in [3.8, 4) is 0 Å². The van der Waals surface area contributed by atoms with Crippen LogP contribution in [0.2, 0.25) is 0 Å². The number of halogens is 7. The summed E-state index contributed by atoms with van der Waals surface area (Å²) in [5.74, 6) is 0.396. The van der Waals surface area contributed by atoms with Gasteiger partial charge in [0.1, 0.15) is 23.2 Å². The highest BCUT2D eigenvalue weighted by molar-refractivity contribution is 9.10. The predicted octanol–water partition coefficient (Wildman–Crippen LogP) is 26.5. The maximum atomic E-state index is 13.3. The minimum Gasteiger partial charge on any atom is -0.355 e. The normalized spacial score (nSPS) is 11.7. The SMILES string of the molecule is CC(=O)CS(=O)C(c1ccc(C)cc1)c1ccc(C(F)(F)F)cc1.CC(=O)CS(=O)C(c1ccc(C)cc1)c1ccc(C)cc1.O=C(CSC(c1ccc(Br)cc1)c1ccc(Br)cc1)NCCCCc1ccccc1.O=C(CSC(c1ccc(F)cc1)c1ccc(F)cc1)NCCCc1ccccc1.O=C(CSC(c1ccccc1)c1ccccc1)NCCCCc1ccccc1. The Balaban J connectivity index is 0.000000187. The molecule has 3 unspecified atom stereocenters. The average molecular weight is 2000 g/mol. The van der Waals surface area contributed by atoms with Crippen LogP contribution in [0.15, 0.2) is 355 Å². The zero-order valence-corrected chi connectivity index (χ0v) is 81.9. The van der Waals surface area contributed by atoms with Crippen molar-refractivity contribution in [2.45, 2.75) is 118 Å². The Kier molecular flexibility index (Phi) is 45.6. The van der Waals surface area contributed by atoms with E-state index in [1.807, 2.05) is 124 Å². The Bertz CT molecular complexity index is 5480. The summed E-state index contributed by atoms with van der Waals surface area (Å²) >= 11 is 11.8. The van der Waals surface area contributed by atoms with Gasteiger partial charge < -0.3 is 16.0 Å². The van der Waals surface area contributed by atoms with Crippen LogP contribution in [0.3, 0.4) is 0 Å². The number of amides is 3. The second kappa shape index (κ2) is 57.2. The van der Waals surface area contributed by atoms with Crippen molar-refractivity contribution in [2.75, 3.05) is 48.4 Å². The molecule has 0 aromatic heterocycles. The highest BCUT2D eigenvalue weighted by atomic mass is 79.9. The molecule has 13 rings (SSSR count). The molecule has 0 spiro atoms. The number of Topliss-reactive ketones (excluding diaryl/α,β-unsaturated/α-hetero) is 2. The molecule has 13 aromatic carbocycles. The Morgan fingerprint density at radius 3 is 0.818 bits per heavy atom. The number of benzene rings is 13. The van der Waals surface area contributed by atoms with Gasteiger partial charge in [0.25, 0.3) is 0 Å². The molecule has 3 atom stereocenters. The number of thioether (sulfide) groups is 3. The highest BCUT2D eigenvalue weighted by Gasteiger charge is 2.32. The van der Waals surface area contributed by atoms with Crippen molar-refractivity contribution < 1.29 is 54.3 Å². The van der Waals surface area contributed by atoms with E-state index >= 15 is 0 Å². The Labute approximate surface area is 809 Å². The first-order valence-electron chi connectivity index (χ1n) is 43.7. The van der Waals surface area contributed by atoms with Crippen LogP contribution in [0, 0.1) is 32.4 Å². The topological polar surface area (TPSA) is 156 Å². The van der Waals surface area contributed by atoms with E-state index in [-0.39, 0.29) is 79.2 Å². The Morgan fingerprint density at radius 2 is 0.545 bits per heavy atom. The number of nitrogens with one attached hydrogen (secondary N) is 3. The maximum Gasteiger partial charge on any atom is 0.416 e. The Morgan fingerprint density at radius 1 is 0.311 bits per heavy atom. The molecule has 0 saturated heterocycles. The molecule has 0 aliphatic heterocycles. The van der Waals surface area contributed by atoms with Crippen molar-refractivity contribution in [1.82, 2.24) is 16.0 Å². The molecule has 0 bridgehead atoms. The molecular weight excluding hydrogens is 1890 g/mol. The number of carbonyl (C=O) groups is 5. The summed E-state index contributed by atoms with van der Waals surface area (Å²) in [5.41, 5.74) is 16.3.